The smallest absolute Gasteiger partial charge is 0.120 e. The van der Waals surface area contributed by atoms with Gasteiger partial charge in [0.25, 0.3) is 0 Å². The Labute approximate surface area is 150 Å². The van der Waals surface area contributed by atoms with Crippen LogP contribution in [-0.4, -0.2) is 19.6 Å². The van der Waals surface area contributed by atoms with Crippen LogP contribution >= 0.6 is 27.5 Å². The monoisotopic (exact) mass is 394 g/mol. The van der Waals surface area contributed by atoms with Gasteiger partial charge in [0.1, 0.15) is 12.4 Å². The van der Waals surface area contributed by atoms with Crippen molar-refractivity contribution in [3.05, 3.63) is 63.1 Å². The zero-order valence-electron chi connectivity index (χ0n) is 12.8. The van der Waals surface area contributed by atoms with Crippen LogP contribution in [-0.2, 0) is 13.2 Å². The summed E-state index contributed by atoms with van der Waals surface area (Å²) in [5.41, 5.74) is 2.32. The average Bonchev–Trinajstić information content (AvgIpc) is 2.49. The third-order valence-corrected chi connectivity index (χ3v) is 4.91. The second kappa shape index (κ2) is 8.15. The van der Waals surface area contributed by atoms with Crippen molar-refractivity contribution < 1.29 is 4.74 Å². The molecule has 2 aromatic rings. The summed E-state index contributed by atoms with van der Waals surface area (Å²) in [7, 11) is 0. The summed E-state index contributed by atoms with van der Waals surface area (Å²) in [5, 5.41) is 7.51. The highest BCUT2D eigenvalue weighted by Gasteiger charge is 2.15. The molecule has 0 aliphatic carbocycles. The highest BCUT2D eigenvalue weighted by Crippen LogP contribution is 2.23. The van der Waals surface area contributed by atoms with Crippen LogP contribution < -0.4 is 15.4 Å². The molecule has 3 rings (SSSR count). The number of nitrogens with one attached hydrogen (secondary N) is 2. The molecule has 23 heavy (non-hydrogen) atoms. The van der Waals surface area contributed by atoms with Gasteiger partial charge >= 0.3 is 0 Å². The van der Waals surface area contributed by atoms with Crippen LogP contribution in [0.1, 0.15) is 11.1 Å². The van der Waals surface area contributed by atoms with Crippen LogP contribution in [0.2, 0.25) is 5.02 Å². The first-order valence-electron chi connectivity index (χ1n) is 7.78. The number of hydrogen-bond acceptors (Lipinski definition) is 3. The number of rotatable bonds is 7. The quantitative estimate of drug-likeness (QED) is 0.744. The van der Waals surface area contributed by atoms with Crippen LogP contribution in [0.15, 0.2) is 46.9 Å². The molecule has 1 saturated heterocycles. The summed E-state index contributed by atoms with van der Waals surface area (Å²) in [6.07, 6.45) is 0. The van der Waals surface area contributed by atoms with E-state index in [1.54, 1.807) is 0 Å². The summed E-state index contributed by atoms with van der Waals surface area (Å²) in [5.74, 6) is 1.66. The topological polar surface area (TPSA) is 33.3 Å². The van der Waals surface area contributed by atoms with Crippen molar-refractivity contribution in [2.24, 2.45) is 5.92 Å². The van der Waals surface area contributed by atoms with E-state index in [2.05, 4.69) is 38.7 Å². The van der Waals surface area contributed by atoms with Gasteiger partial charge in [-0.3, -0.25) is 0 Å². The SMILES string of the molecule is Clc1ccc(COc2cccc(CNCC3CNC3)c2)c(Br)c1. The van der Waals surface area contributed by atoms with Gasteiger partial charge in [-0.1, -0.05) is 45.7 Å². The van der Waals surface area contributed by atoms with Crippen molar-refractivity contribution in [2.75, 3.05) is 19.6 Å². The lowest BCUT2D eigenvalue weighted by Crippen LogP contribution is -2.47. The first-order chi connectivity index (χ1) is 11.2. The predicted octanol–water partition coefficient (Wildman–Crippen LogP) is 3.99. The summed E-state index contributed by atoms with van der Waals surface area (Å²) < 4.78 is 6.87. The van der Waals surface area contributed by atoms with Gasteiger partial charge in [0.2, 0.25) is 0 Å². The summed E-state index contributed by atoms with van der Waals surface area (Å²) in [6.45, 7) is 4.72. The van der Waals surface area contributed by atoms with Crippen LogP contribution in [0.25, 0.3) is 0 Å². The standard InChI is InChI=1S/C18H20BrClN2O/c19-18-7-16(20)5-4-15(18)12-23-17-3-1-2-13(6-17)8-21-9-14-10-22-11-14/h1-7,14,21-22H,8-12H2. The van der Waals surface area contributed by atoms with Crippen LogP contribution in [0.4, 0.5) is 0 Å². The van der Waals surface area contributed by atoms with Crippen molar-refractivity contribution in [3.8, 4) is 5.75 Å². The van der Waals surface area contributed by atoms with Gasteiger partial charge in [0, 0.05) is 41.2 Å². The Balaban J connectivity index is 1.52. The minimum absolute atomic E-state index is 0.516. The molecule has 1 heterocycles. The van der Waals surface area contributed by atoms with Gasteiger partial charge in [-0.05, 0) is 35.7 Å². The molecule has 1 fully saturated rings. The molecule has 122 valence electrons. The molecule has 0 atom stereocenters. The fourth-order valence-corrected chi connectivity index (χ4v) is 3.26. The van der Waals surface area contributed by atoms with Crippen LogP contribution in [0.5, 0.6) is 5.75 Å². The zero-order chi connectivity index (χ0) is 16.1. The normalized spacial score (nSPS) is 14.5. The summed E-state index contributed by atoms with van der Waals surface area (Å²) in [6, 6.07) is 14.0. The fourth-order valence-electron chi connectivity index (χ4n) is 2.46. The number of ether oxygens (including phenoxy) is 1. The molecule has 3 nitrogen and oxygen atoms in total. The zero-order valence-corrected chi connectivity index (χ0v) is 15.2. The highest BCUT2D eigenvalue weighted by molar-refractivity contribution is 9.10. The van der Waals surface area contributed by atoms with Crippen molar-refractivity contribution >= 4 is 27.5 Å². The molecular formula is C18H20BrClN2O. The Kier molecular flexibility index (Phi) is 5.95. The van der Waals surface area contributed by atoms with Gasteiger partial charge in [0.15, 0.2) is 0 Å². The first-order valence-corrected chi connectivity index (χ1v) is 8.95. The number of halogens is 2. The molecule has 1 aliphatic rings. The van der Waals surface area contributed by atoms with Crippen LogP contribution in [0, 0.1) is 5.92 Å². The Morgan fingerprint density at radius 2 is 2.09 bits per heavy atom. The lowest BCUT2D eigenvalue weighted by molar-refractivity contribution is 0.305. The minimum Gasteiger partial charge on any atom is -0.489 e. The van der Waals surface area contributed by atoms with E-state index < -0.39 is 0 Å². The maximum absolute atomic E-state index is 5.96. The van der Waals surface area contributed by atoms with E-state index in [1.807, 2.05) is 30.3 Å². The molecule has 0 spiro atoms. The largest absolute Gasteiger partial charge is 0.489 e. The van der Waals surface area contributed by atoms with Crippen LogP contribution in [0.3, 0.4) is 0 Å². The summed E-state index contributed by atoms with van der Waals surface area (Å²) >= 11 is 9.47. The lowest BCUT2D eigenvalue weighted by Gasteiger charge is -2.27. The Morgan fingerprint density at radius 1 is 1.22 bits per heavy atom. The lowest BCUT2D eigenvalue weighted by atomic mass is 10.0. The van der Waals surface area contributed by atoms with E-state index in [-0.39, 0.29) is 0 Å². The number of benzene rings is 2. The molecule has 0 amide bonds. The van der Waals surface area contributed by atoms with E-state index in [0.717, 1.165) is 52.9 Å². The molecule has 0 bridgehead atoms. The maximum Gasteiger partial charge on any atom is 0.120 e. The molecule has 0 unspecified atom stereocenters. The first kappa shape index (κ1) is 16.8. The van der Waals surface area contributed by atoms with E-state index in [9.17, 15) is 0 Å². The second-order valence-corrected chi connectivity index (χ2v) is 7.12. The van der Waals surface area contributed by atoms with Gasteiger partial charge in [-0.15, -0.1) is 0 Å². The third kappa shape index (κ3) is 4.95. The van der Waals surface area contributed by atoms with E-state index in [0.29, 0.717) is 6.61 Å². The Morgan fingerprint density at radius 3 is 2.83 bits per heavy atom. The van der Waals surface area contributed by atoms with Gasteiger partial charge in [0.05, 0.1) is 0 Å². The van der Waals surface area contributed by atoms with Gasteiger partial charge < -0.3 is 15.4 Å². The van der Waals surface area contributed by atoms with Gasteiger partial charge in [-0.25, -0.2) is 0 Å². The van der Waals surface area contributed by atoms with E-state index >= 15 is 0 Å². The van der Waals surface area contributed by atoms with Crippen molar-refractivity contribution in [1.29, 1.82) is 0 Å². The molecule has 2 N–H and O–H groups in total. The third-order valence-electron chi connectivity index (χ3n) is 3.94. The molecule has 0 radical (unpaired) electrons. The second-order valence-electron chi connectivity index (χ2n) is 5.83. The molecular weight excluding hydrogens is 376 g/mol. The van der Waals surface area contributed by atoms with Crippen molar-refractivity contribution in [3.63, 3.8) is 0 Å². The minimum atomic E-state index is 0.516. The molecule has 5 heteroatoms. The van der Waals surface area contributed by atoms with E-state index in [4.69, 9.17) is 16.3 Å². The summed E-state index contributed by atoms with van der Waals surface area (Å²) in [4.78, 5) is 0. The maximum atomic E-state index is 5.96. The molecule has 0 aromatic heterocycles. The Hall–Kier alpha value is -1.07. The predicted molar refractivity (Wildman–Crippen MR) is 98.0 cm³/mol. The van der Waals surface area contributed by atoms with Crippen molar-refractivity contribution in [1.82, 2.24) is 10.6 Å². The number of hydrogen-bond donors (Lipinski definition) is 2. The molecule has 1 aliphatic heterocycles. The molecule has 2 aromatic carbocycles. The Bertz CT molecular complexity index is 661. The van der Waals surface area contributed by atoms with Gasteiger partial charge in [-0.2, -0.15) is 0 Å². The van der Waals surface area contributed by atoms with E-state index in [1.165, 1.54) is 5.56 Å². The van der Waals surface area contributed by atoms with Crippen molar-refractivity contribution in [2.45, 2.75) is 13.2 Å². The molecule has 0 saturated carbocycles. The average molecular weight is 396 g/mol. The highest BCUT2D eigenvalue weighted by atomic mass is 79.9. The fraction of sp³-hybridized carbons (Fsp3) is 0.333.